The van der Waals surface area contributed by atoms with Gasteiger partial charge in [0.15, 0.2) is 0 Å². The average molecular weight is 445 g/mol. The van der Waals surface area contributed by atoms with Crippen LogP contribution < -0.4 is 15.0 Å². The lowest BCUT2D eigenvalue weighted by Gasteiger charge is -2.36. The number of carbonyl (C=O) groups excluding carboxylic acids is 1. The molecule has 4 rings (SSSR count). The summed E-state index contributed by atoms with van der Waals surface area (Å²) in [5.74, 6) is 0.928. The van der Waals surface area contributed by atoms with Crippen LogP contribution in [0.3, 0.4) is 0 Å². The molecule has 3 aromatic rings. The van der Waals surface area contributed by atoms with Gasteiger partial charge in [-0.2, -0.15) is 0 Å². The Morgan fingerprint density at radius 2 is 1.70 bits per heavy atom. The van der Waals surface area contributed by atoms with Gasteiger partial charge in [0.05, 0.1) is 5.69 Å². The molecule has 2 aromatic carbocycles. The number of piperazine rings is 1. The largest absolute Gasteiger partial charge is 0.487 e. The van der Waals surface area contributed by atoms with Gasteiger partial charge in [0.1, 0.15) is 12.4 Å². The minimum absolute atomic E-state index is 0.00799. The molecule has 1 amide bonds. The number of para-hydroxylation sites is 2. The van der Waals surface area contributed by atoms with E-state index in [-0.39, 0.29) is 5.91 Å². The molecule has 0 aliphatic carbocycles. The second-order valence-electron chi connectivity index (χ2n) is 8.28. The lowest BCUT2D eigenvalue weighted by Crippen LogP contribution is -2.46. The molecule has 6 nitrogen and oxygen atoms in total. The van der Waals surface area contributed by atoms with Crippen LogP contribution in [0.2, 0.25) is 0 Å². The number of hydrogen-bond donors (Lipinski definition) is 1. The van der Waals surface area contributed by atoms with Gasteiger partial charge in [-0.3, -0.25) is 14.7 Å². The van der Waals surface area contributed by atoms with Gasteiger partial charge in [-0.1, -0.05) is 36.4 Å². The highest BCUT2D eigenvalue weighted by Crippen LogP contribution is 2.29. The van der Waals surface area contributed by atoms with Crippen molar-refractivity contribution in [3.63, 3.8) is 0 Å². The number of unbranched alkanes of at least 4 members (excludes halogenated alkanes) is 1. The molecule has 0 unspecified atom stereocenters. The van der Waals surface area contributed by atoms with Gasteiger partial charge < -0.3 is 15.0 Å². The number of nitrogens with zero attached hydrogens (tertiary/aromatic N) is 3. The maximum atomic E-state index is 12.1. The summed E-state index contributed by atoms with van der Waals surface area (Å²) < 4.78 is 6.12. The lowest BCUT2D eigenvalue weighted by atomic mass is 10.2. The summed E-state index contributed by atoms with van der Waals surface area (Å²) in [5, 5.41) is 3.01. The summed E-state index contributed by atoms with van der Waals surface area (Å²) in [4.78, 5) is 21.2. The fraction of sp³-hybridized carbons (Fsp3) is 0.333. The third-order valence-corrected chi connectivity index (χ3v) is 5.92. The zero-order chi connectivity index (χ0) is 22.7. The Kier molecular flexibility index (Phi) is 8.30. The molecule has 0 bridgehead atoms. The molecule has 33 heavy (non-hydrogen) atoms. The first-order chi connectivity index (χ1) is 16.3. The second-order valence-corrected chi connectivity index (χ2v) is 8.28. The molecule has 2 heterocycles. The van der Waals surface area contributed by atoms with Crippen molar-refractivity contribution in [3.8, 4) is 5.75 Å². The van der Waals surface area contributed by atoms with Gasteiger partial charge >= 0.3 is 0 Å². The molecule has 1 N–H and O–H groups in total. The summed E-state index contributed by atoms with van der Waals surface area (Å²) in [6, 6.07) is 21.6. The first-order valence-electron chi connectivity index (χ1n) is 11.7. The molecule has 0 atom stereocenters. The van der Waals surface area contributed by atoms with Gasteiger partial charge in [0.2, 0.25) is 0 Å². The van der Waals surface area contributed by atoms with Crippen molar-refractivity contribution < 1.29 is 9.53 Å². The summed E-state index contributed by atoms with van der Waals surface area (Å²) >= 11 is 0. The highest BCUT2D eigenvalue weighted by atomic mass is 16.5. The molecule has 6 heteroatoms. The molecule has 1 aliphatic rings. The van der Waals surface area contributed by atoms with E-state index in [4.69, 9.17) is 4.74 Å². The van der Waals surface area contributed by atoms with E-state index in [2.05, 4.69) is 32.2 Å². The Morgan fingerprint density at radius 3 is 2.48 bits per heavy atom. The average Bonchev–Trinajstić information content (AvgIpc) is 2.89. The van der Waals surface area contributed by atoms with E-state index < -0.39 is 0 Å². The highest BCUT2D eigenvalue weighted by molar-refractivity contribution is 5.94. The number of amides is 1. The molecular weight excluding hydrogens is 412 g/mol. The molecule has 0 radical (unpaired) electrons. The van der Waals surface area contributed by atoms with Crippen LogP contribution in [0.15, 0.2) is 79.1 Å². The summed E-state index contributed by atoms with van der Waals surface area (Å²) in [5.41, 5.74) is 2.94. The number of hydrogen-bond acceptors (Lipinski definition) is 5. The second kappa shape index (κ2) is 12.0. The fourth-order valence-electron chi connectivity index (χ4n) is 4.05. The van der Waals surface area contributed by atoms with Crippen LogP contribution in [0.5, 0.6) is 5.75 Å². The normalized spacial score (nSPS) is 14.1. The number of ether oxygens (including phenoxy) is 1. The predicted octanol–water partition coefficient (Wildman–Crippen LogP) is 3.99. The van der Waals surface area contributed by atoms with Crippen LogP contribution in [0.25, 0.3) is 0 Å². The molecule has 0 spiro atoms. The van der Waals surface area contributed by atoms with E-state index in [0.29, 0.717) is 6.61 Å². The minimum atomic E-state index is 0.00799. The van der Waals surface area contributed by atoms with E-state index in [1.54, 1.807) is 6.20 Å². The number of carbonyl (C=O) groups is 1. The highest BCUT2D eigenvalue weighted by Gasteiger charge is 2.19. The van der Waals surface area contributed by atoms with Crippen LogP contribution >= 0.6 is 0 Å². The van der Waals surface area contributed by atoms with Crippen molar-refractivity contribution in [3.05, 3.63) is 90.3 Å². The van der Waals surface area contributed by atoms with Crippen molar-refractivity contribution in [2.24, 2.45) is 0 Å². The van der Waals surface area contributed by atoms with Crippen LogP contribution in [-0.4, -0.2) is 55.1 Å². The summed E-state index contributed by atoms with van der Waals surface area (Å²) in [6.45, 7) is 6.34. The number of benzene rings is 2. The van der Waals surface area contributed by atoms with Crippen LogP contribution in [0, 0.1) is 0 Å². The van der Waals surface area contributed by atoms with E-state index in [1.807, 2.05) is 60.8 Å². The van der Waals surface area contributed by atoms with E-state index in [9.17, 15) is 4.79 Å². The minimum Gasteiger partial charge on any atom is -0.487 e. The van der Waals surface area contributed by atoms with E-state index in [1.165, 1.54) is 0 Å². The summed E-state index contributed by atoms with van der Waals surface area (Å²) in [6.07, 6.45) is 5.69. The van der Waals surface area contributed by atoms with Gasteiger partial charge in [0, 0.05) is 56.2 Å². The predicted molar refractivity (Wildman–Crippen MR) is 132 cm³/mol. The van der Waals surface area contributed by atoms with Gasteiger partial charge in [-0.15, -0.1) is 0 Å². The molecule has 1 aliphatic heterocycles. The van der Waals surface area contributed by atoms with Crippen LogP contribution in [0.4, 0.5) is 5.69 Å². The summed E-state index contributed by atoms with van der Waals surface area (Å²) in [7, 11) is 0. The van der Waals surface area contributed by atoms with Crippen LogP contribution in [0.1, 0.15) is 28.8 Å². The Morgan fingerprint density at radius 1 is 0.909 bits per heavy atom. The Bertz CT molecular complexity index is 989. The first kappa shape index (κ1) is 22.8. The molecule has 1 saturated heterocycles. The van der Waals surface area contributed by atoms with Gasteiger partial charge in [-0.05, 0) is 49.7 Å². The number of anilines is 1. The lowest BCUT2D eigenvalue weighted by molar-refractivity contribution is 0.0952. The monoisotopic (exact) mass is 444 g/mol. The number of pyridine rings is 1. The Balaban J connectivity index is 1.17. The zero-order valence-electron chi connectivity index (χ0n) is 19.0. The maximum Gasteiger partial charge on any atom is 0.251 e. The SMILES string of the molecule is O=C(NCCCCN1CCN(c2ccccc2OCc2cccnc2)CC1)c1ccccc1. The third-order valence-electron chi connectivity index (χ3n) is 5.92. The Labute approximate surface area is 196 Å². The van der Waals surface area contributed by atoms with Crippen LogP contribution in [-0.2, 0) is 6.61 Å². The van der Waals surface area contributed by atoms with Crippen molar-refractivity contribution in [2.75, 3.05) is 44.2 Å². The molecule has 1 aromatic heterocycles. The van der Waals surface area contributed by atoms with Crippen molar-refractivity contribution in [1.82, 2.24) is 15.2 Å². The topological polar surface area (TPSA) is 57.7 Å². The zero-order valence-corrected chi connectivity index (χ0v) is 19.0. The van der Waals surface area contributed by atoms with Gasteiger partial charge in [0.25, 0.3) is 5.91 Å². The Hall–Kier alpha value is -3.38. The smallest absolute Gasteiger partial charge is 0.251 e. The van der Waals surface area contributed by atoms with Crippen molar-refractivity contribution >= 4 is 11.6 Å². The van der Waals surface area contributed by atoms with Crippen molar-refractivity contribution in [1.29, 1.82) is 0 Å². The van der Waals surface area contributed by atoms with Gasteiger partial charge in [-0.25, -0.2) is 0 Å². The van der Waals surface area contributed by atoms with Crippen molar-refractivity contribution in [2.45, 2.75) is 19.4 Å². The molecule has 0 saturated carbocycles. The standard InChI is InChI=1S/C27H32N4O2/c32-27(24-10-2-1-3-11-24)29-15-6-7-16-30-17-19-31(20-18-30)25-12-4-5-13-26(25)33-22-23-9-8-14-28-21-23/h1-5,8-14,21H,6-7,15-20,22H2,(H,29,32). The number of nitrogens with one attached hydrogen (secondary N) is 1. The molecule has 172 valence electrons. The molecular formula is C27H32N4O2. The number of aromatic nitrogens is 1. The third kappa shape index (κ3) is 6.80. The number of rotatable bonds is 10. The first-order valence-corrected chi connectivity index (χ1v) is 11.7. The fourth-order valence-corrected chi connectivity index (χ4v) is 4.05. The van der Waals surface area contributed by atoms with E-state index in [0.717, 1.165) is 74.7 Å². The van der Waals surface area contributed by atoms with E-state index >= 15 is 0 Å². The molecule has 1 fully saturated rings. The quantitative estimate of drug-likeness (QED) is 0.479. The maximum absolute atomic E-state index is 12.1.